The molecule has 1 aromatic carbocycles. The Morgan fingerprint density at radius 2 is 2.05 bits per heavy atom. The van der Waals surface area contributed by atoms with Crippen LogP contribution in [0.4, 0.5) is 5.82 Å². The first kappa shape index (κ1) is 12.9. The van der Waals surface area contributed by atoms with Crippen molar-refractivity contribution in [1.29, 1.82) is 0 Å². The molecule has 100 valence electrons. The number of hydrogen-bond acceptors (Lipinski definition) is 4. The summed E-state index contributed by atoms with van der Waals surface area (Å²) in [6.45, 7) is 2.67. The smallest absolute Gasteiger partial charge is 0.329 e. The molecule has 2 rings (SSSR count). The summed E-state index contributed by atoms with van der Waals surface area (Å²) in [5.74, 6) is -1.24. The molecule has 19 heavy (non-hydrogen) atoms. The Kier molecular flexibility index (Phi) is 3.41. The highest BCUT2D eigenvalue weighted by molar-refractivity contribution is 5.86. The van der Waals surface area contributed by atoms with Crippen LogP contribution in [0.5, 0.6) is 0 Å². The Bertz CT molecular complexity index is 587. The van der Waals surface area contributed by atoms with E-state index in [-0.39, 0.29) is 0 Å². The molecule has 0 aliphatic carbocycles. The van der Waals surface area contributed by atoms with Gasteiger partial charge in [0.05, 0.1) is 0 Å². The van der Waals surface area contributed by atoms with Gasteiger partial charge in [0, 0.05) is 17.8 Å². The number of carboxylic acids is 1. The van der Waals surface area contributed by atoms with E-state index in [0.717, 1.165) is 16.0 Å². The quantitative estimate of drug-likeness (QED) is 0.822. The Balaban J connectivity index is 2.41. The van der Waals surface area contributed by atoms with Crippen LogP contribution in [0.2, 0.25) is 0 Å². The molecule has 1 heterocycles. The monoisotopic (exact) mass is 262 g/mol. The van der Waals surface area contributed by atoms with Crippen LogP contribution in [0, 0.1) is 0 Å². The highest BCUT2D eigenvalue weighted by Gasteiger charge is 2.25. The van der Waals surface area contributed by atoms with Crippen LogP contribution in [0.25, 0.3) is 10.9 Å². The Morgan fingerprint density at radius 3 is 2.63 bits per heavy atom. The molecular formula is C13H14N2O4. The van der Waals surface area contributed by atoms with Gasteiger partial charge in [0.2, 0.25) is 0 Å². The van der Waals surface area contributed by atoms with Crippen LogP contribution < -0.4 is 5.06 Å². The van der Waals surface area contributed by atoms with E-state index in [1.54, 1.807) is 6.07 Å². The third-order valence-electron chi connectivity index (χ3n) is 2.69. The summed E-state index contributed by atoms with van der Waals surface area (Å²) in [4.78, 5) is 30.2. The molecule has 0 spiro atoms. The lowest BCUT2D eigenvalue weighted by molar-refractivity contribution is -0.148. The number of fused-ring (bicyclic) bond motifs is 1. The largest absolute Gasteiger partial charge is 0.480 e. The number of aliphatic carboxylic acids is 1. The van der Waals surface area contributed by atoms with E-state index in [4.69, 9.17) is 9.94 Å². The van der Waals surface area contributed by atoms with Gasteiger partial charge in [0.15, 0.2) is 6.04 Å². The van der Waals surface area contributed by atoms with Crippen molar-refractivity contribution in [1.82, 2.24) is 4.98 Å². The first-order valence-corrected chi connectivity index (χ1v) is 5.77. The fourth-order valence-corrected chi connectivity index (χ4v) is 1.75. The number of hydroxylamine groups is 1. The maximum atomic E-state index is 11.1. The van der Waals surface area contributed by atoms with Crippen LogP contribution >= 0.6 is 0 Å². The summed E-state index contributed by atoms with van der Waals surface area (Å²) in [5.41, 5.74) is 0.840. The van der Waals surface area contributed by atoms with E-state index < -0.39 is 18.0 Å². The van der Waals surface area contributed by atoms with Gasteiger partial charge in [-0.2, -0.15) is 5.06 Å². The topological polar surface area (TPSA) is 82.6 Å². The molecule has 6 heteroatoms. The minimum atomic E-state index is -1.08. The molecule has 0 saturated carbocycles. The van der Waals surface area contributed by atoms with Crippen LogP contribution in [-0.4, -0.2) is 28.1 Å². The van der Waals surface area contributed by atoms with E-state index >= 15 is 0 Å². The Labute approximate surface area is 109 Å². The average Bonchev–Trinajstić information content (AvgIpc) is 2.78. The minimum Gasteiger partial charge on any atom is -0.480 e. The number of nitrogens with zero attached hydrogens (tertiary/aromatic N) is 1. The standard InChI is InChI=1S/C13H14N2O4/c1-8(13(17)18)15(19-9(2)16)12-7-10-5-3-4-6-11(10)14-12/h3-8,14H,1-2H3,(H,17,18)/t8-/m0/s1. The van der Waals surface area contributed by atoms with Crippen molar-refractivity contribution in [3.8, 4) is 0 Å². The maximum Gasteiger partial charge on any atom is 0.329 e. The van der Waals surface area contributed by atoms with Gasteiger partial charge in [0.1, 0.15) is 5.82 Å². The molecule has 2 N–H and O–H groups in total. The van der Waals surface area contributed by atoms with E-state index in [9.17, 15) is 9.59 Å². The lowest BCUT2D eigenvalue weighted by Crippen LogP contribution is -2.40. The summed E-state index contributed by atoms with van der Waals surface area (Å²) < 4.78 is 0. The molecule has 1 aromatic heterocycles. The number of carboxylic acid groups (broad SMARTS) is 1. The second-order valence-electron chi connectivity index (χ2n) is 4.16. The summed E-state index contributed by atoms with van der Waals surface area (Å²) in [6, 6.07) is 8.22. The van der Waals surface area contributed by atoms with Crippen molar-refractivity contribution >= 4 is 28.7 Å². The van der Waals surface area contributed by atoms with Gasteiger partial charge >= 0.3 is 11.9 Å². The van der Waals surface area contributed by atoms with E-state index in [1.165, 1.54) is 13.8 Å². The lowest BCUT2D eigenvalue weighted by atomic mass is 10.2. The van der Waals surface area contributed by atoms with Crippen molar-refractivity contribution in [3.63, 3.8) is 0 Å². The number of aromatic nitrogens is 1. The van der Waals surface area contributed by atoms with Crippen LogP contribution in [0.3, 0.4) is 0 Å². The van der Waals surface area contributed by atoms with Crippen molar-refractivity contribution < 1.29 is 19.5 Å². The number of H-pyrrole nitrogens is 1. The highest BCUT2D eigenvalue weighted by Crippen LogP contribution is 2.23. The minimum absolute atomic E-state index is 0.423. The maximum absolute atomic E-state index is 11.1. The fourth-order valence-electron chi connectivity index (χ4n) is 1.75. The zero-order chi connectivity index (χ0) is 14.0. The Morgan fingerprint density at radius 1 is 1.37 bits per heavy atom. The molecule has 0 amide bonds. The van der Waals surface area contributed by atoms with Crippen LogP contribution in [0.15, 0.2) is 30.3 Å². The predicted molar refractivity (Wildman–Crippen MR) is 69.6 cm³/mol. The molecular weight excluding hydrogens is 248 g/mol. The van der Waals surface area contributed by atoms with Crippen molar-refractivity contribution in [2.24, 2.45) is 0 Å². The van der Waals surface area contributed by atoms with Gasteiger partial charge in [-0.15, -0.1) is 0 Å². The van der Waals surface area contributed by atoms with Crippen molar-refractivity contribution in [2.45, 2.75) is 19.9 Å². The first-order chi connectivity index (χ1) is 8.99. The number of anilines is 1. The van der Waals surface area contributed by atoms with E-state index in [0.29, 0.717) is 5.82 Å². The van der Waals surface area contributed by atoms with Crippen LogP contribution in [-0.2, 0) is 14.4 Å². The molecule has 1 atom stereocenters. The van der Waals surface area contributed by atoms with Gasteiger partial charge in [-0.05, 0) is 19.1 Å². The molecule has 6 nitrogen and oxygen atoms in total. The van der Waals surface area contributed by atoms with Gasteiger partial charge < -0.3 is 14.9 Å². The number of nitrogens with one attached hydrogen (secondary N) is 1. The third kappa shape index (κ3) is 2.67. The highest BCUT2D eigenvalue weighted by atomic mass is 16.7. The van der Waals surface area contributed by atoms with E-state index in [1.807, 2.05) is 24.3 Å². The third-order valence-corrected chi connectivity index (χ3v) is 2.69. The molecule has 0 fully saturated rings. The molecule has 0 aliphatic rings. The van der Waals surface area contributed by atoms with Gasteiger partial charge in [-0.3, -0.25) is 4.79 Å². The van der Waals surface area contributed by atoms with Gasteiger partial charge in [-0.1, -0.05) is 18.2 Å². The molecule has 0 bridgehead atoms. The molecule has 0 unspecified atom stereocenters. The van der Waals surface area contributed by atoms with Gasteiger partial charge in [-0.25, -0.2) is 4.79 Å². The molecule has 2 aromatic rings. The normalized spacial score (nSPS) is 12.1. The van der Waals surface area contributed by atoms with Crippen LogP contribution in [0.1, 0.15) is 13.8 Å². The summed E-state index contributed by atoms with van der Waals surface area (Å²) in [5, 5.41) is 11.0. The fraction of sp³-hybridized carbons (Fsp3) is 0.231. The number of aromatic amines is 1. The SMILES string of the molecule is CC(=O)ON(c1cc2ccccc2[nH]1)[C@@H](C)C(=O)O. The zero-order valence-electron chi connectivity index (χ0n) is 10.6. The second-order valence-corrected chi connectivity index (χ2v) is 4.16. The summed E-state index contributed by atoms with van der Waals surface area (Å²) in [7, 11) is 0. The number of para-hydroxylation sites is 1. The summed E-state index contributed by atoms with van der Waals surface area (Å²) >= 11 is 0. The number of hydrogen-bond donors (Lipinski definition) is 2. The Hall–Kier alpha value is -2.50. The summed E-state index contributed by atoms with van der Waals surface area (Å²) in [6.07, 6.45) is 0. The number of carbonyl (C=O) groups excluding carboxylic acids is 1. The first-order valence-electron chi connectivity index (χ1n) is 5.77. The van der Waals surface area contributed by atoms with Crippen molar-refractivity contribution in [2.75, 3.05) is 5.06 Å². The molecule has 0 aliphatic heterocycles. The van der Waals surface area contributed by atoms with Crippen molar-refractivity contribution in [3.05, 3.63) is 30.3 Å². The number of carbonyl (C=O) groups is 2. The van der Waals surface area contributed by atoms with Gasteiger partial charge in [0.25, 0.3) is 0 Å². The second kappa shape index (κ2) is 5.01. The number of benzene rings is 1. The lowest BCUT2D eigenvalue weighted by Gasteiger charge is -2.24. The average molecular weight is 262 g/mol. The van der Waals surface area contributed by atoms with E-state index in [2.05, 4.69) is 4.98 Å². The number of rotatable bonds is 4. The molecule has 0 saturated heterocycles. The zero-order valence-corrected chi connectivity index (χ0v) is 10.6. The predicted octanol–water partition coefficient (Wildman–Crippen LogP) is 1.93. The molecule has 0 radical (unpaired) electrons.